The van der Waals surface area contributed by atoms with E-state index in [9.17, 15) is 9.59 Å². The number of pyridine rings is 1. The van der Waals surface area contributed by atoms with E-state index in [0.717, 1.165) is 46.7 Å². The lowest BCUT2D eigenvalue weighted by Crippen LogP contribution is -2.40. The molecule has 3 aromatic rings. The smallest absolute Gasteiger partial charge is 0.257 e. The lowest BCUT2D eigenvalue weighted by atomic mass is 9.95. The van der Waals surface area contributed by atoms with E-state index in [2.05, 4.69) is 20.6 Å². The van der Waals surface area contributed by atoms with Crippen LogP contribution < -0.4 is 10.6 Å². The van der Waals surface area contributed by atoms with Gasteiger partial charge in [0.15, 0.2) is 5.78 Å². The molecular formula is C25H28N4O3. The molecule has 4 rings (SSSR count). The first kappa shape index (κ1) is 21.8. The highest BCUT2D eigenvalue weighted by atomic mass is 16.5. The molecule has 3 N–H and O–H groups in total. The number of aromatic nitrogens is 2. The van der Waals surface area contributed by atoms with E-state index < -0.39 is 5.60 Å². The summed E-state index contributed by atoms with van der Waals surface area (Å²) in [5, 5.41) is 6.27. The maximum absolute atomic E-state index is 12.8. The number of ether oxygens (including phenoxy) is 1. The van der Waals surface area contributed by atoms with Gasteiger partial charge in [0.1, 0.15) is 11.4 Å². The molecule has 32 heavy (non-hydrogen) atoms. The van der Waals surface area contributed by atoms with Gasteiger partial charge in [-0.25, -0.2) is 4.98 Å². The minimum Gasteiger partial charge on any atom is -0.366 e. The Morgan fingerprint density at radius 3 is 2.72 bits per heavy atom. The fourth-order valence-corrected chi connectivity index (χ4v) is 3.95. The number of carbonyl (C=O) groups is 2. The quantitative estimate of drug-likeness (QED) is 0.483. The SMILES string of the molecule is CCOC(C)(C)C(=O)Nc1cc(-c2[nH]c3c(c2Nc2ccccc2)C(=O)CCC3)ccn1. The number of fused-ring (bicyclic) bond motifs is 1. The van der Waals surface area contributed by atoms with Gasteiger partial charge < -0.3 is 20.4 Å². The lowest BCUT2D eigenvalue weighted by Gasteiger charge is -2.23. The Morgan fingerprint density at radius 1 is 1.19 bits per heavy atom. The predicted molar refractivity (Wildman–Crippen MR) is 125 cm³/mol. The topological polar surface area (TPSA) is 96.1 Å². The lowest BCUT2D eigenvalue weighted by molar-refractivity contribution is -0.136. The molecule has 2 aromatic heterocycles. The zero-order chi connectivity index (χ0) is 22.7. The van der Waals surface area contributed by atoms with Crippen molar-refractivity contribution in [1.29, 1.82) is 0 Å². The summed E-state index contributed by atoms with van der Waals surface area (Å²) in [4.78, 5) is 33.2. The average Bonchev–Trinajstić information content (AvgIpc) is 3.14. The molecule has 0 fully saturated rings. The summed E-state index contributed by atoms with van der Waals surface area (Å²) in [6.45, 7) is 5.73. The number of hydrogen-bond acceptors (Lipinski definition) is 5. The molecule has 0 atom stereocenters. The maximum Gasteiger partial charge on any atom is 0.257 e. The summed E-state index contributed by atoms with van der Waals surface area (Å²) in [5.41, 5.74) is 3.97. The third-order valence-corrected chi connectivity index (χ3v) is 5.57. The van der Waals surface area contributed by atoms with Gasteiger partial charge in [0, 0.05) is 36.2 Å². The monoisotopic (exact) mass is 432 g/mol. The number of aromatic amines is 1. The van der Waals surface area contributed by atoms with Gasteiger partial charge in [-0.2, -0.15) is 0 Å². The normalized spacial score (nSPS) is 13.5. The molecule has 1 aliphatic carbocycles. The summed E-state index contributed by atoms with van der Waals surface area (Å²) in [6.07, 6.45) is 3.84. The number of hydrogen-bond donors (Lipinski definition) is 3. The second-order valence-electron chi connectivity index (χ2n) is 8.32. The number of ketones is 1. The first-order chi connectivity index (χ1) is 15.4. The third kappa shape index (κ3) is 4.43. The van der Waals surface area contributed by atoms with Crippen molar-refractivity contribution in [3.8, 4) is 11.3 Å². The zero-order valence-electron chi connectivity index (χ0n) is 18.6. The Kier molecular flexibility index (Phi) is 6.10. The predicted octanol–water partition coefficient (Wildman–Crippen LogP) is 5.09. The molecule has 0 radical (unpaired) electrons. The minimum absolute atomic E-state index is 0.133. The number of anilines is 3. The highest BCUT2D eigenvalue weighted by Gasteiger charge is 2.29. The third-order valence-electron chi connectivity index (χ3n) is 5.57. The molecular weight excluding hydrogens is 404 g/mol. The summed E-state index contributed by atoms with van der Waals surface area (Å²) in [5.74, 6) is 0.283. The Labute approximate surface area is 187 Å². The van der Waals surface area contributed by atoms with Gasteiger partial charge in [-0.1, -0.05) is 18.2 Å². The van der Waals surface area contributed by atoms with Crippen molar-refractivity contribution in [3.63, 3.8) is 0 Å². The number of aryl methyl sites for hydroxylation is 1. The Bertz CT molecular complexity index is 1140. The molecule has 0 saturated carbocycles. The van der Waals surface area contributed by atoms with Crippen molar-refractivity contribution in [1.82, 2.24) is 9.97 Å². The van der Waals surface area contributed by atoms with Gasteiger partial charge in [0.25, 0.3) is 5.91 Å². The number of para-hydroxylation sites is 1. The van der Waals surface area contributed by atoms with Gasteiger partial charge in [-0.05, 0) is 57.9 Å². The van der Waals surface area contributed by atoms with Crippen LogP contribution in [0.3, 0.4) is 0 Å². The van der Waals surface area contributed by atoms with Crippen LogP contribution >= 0.6 is 0 Å². The molecule has 1 aromatic carbocycles. The molecule has 0 unspecified atom stereocenters. The Hall–Kier alpha value is -3.45. The molecule has 0 spiro atoms. The standard InChI is InChI=1S/C25H28N4O3/c1-4-32-25(2,3)24(31)29-20-15-16(13-14-26-20)22-23(27-17-9-6-5-7-10-17)21-18(28-22)11-8-12-19(21)30/h5-7,9-10,13-15,27-28H,4,8,11-12H2,1-3H3,(H,26,29,31). The number of Topliss-reactive ketones (excluding diaryl/α,β-unsaturated/α-hetero) is 1. The van der Waals surface area contributed by atoms with Crippen molar-refractivity contribution in [2.24, 2.45) is 0 Å². The molecule has 0 aliphatic heterocycles. The molecule has 7 heteroatoms. The van der Waals surface area contributed by atoms with Crippen LogP contribution in [0.5, 0.6) is 0 Å². The van der Waals surface area contributed by atoms with Crippen LogP contribution in [0.2, 0.25) is 0 Å². The van der Waals surface area contributed by atoms with Crippen LogP contribution in [0.4, 0.5) is 17.2 Å². The number of H-pyrrole nitrogens is 1. The molecule has 166 valence electrons. The van der Waals surface area contributed by atoms with Crippen molar-refractivity contribution in [2.75, 3.05) is 17.2 Å². The van der Waals surface area contributed by atoms with Crippen molar-refractivity contribution in [3.05, 3.63) is 59.9 Å². The summed E-state index contributed by atoms with van der Waals surface area (Å²) in [6, 6.07) is 13.4. The van der Waals surface area contributed by atoms with Crippen LogP contribution in [-0.2, 0) is 16.0 Å². The number of benzene rings is 1. The summed E-state index contributed by atoms with van der Waals surface area (Å²) >= 11 is 0. The molecule has 7 nitrogen and oxygen atoms in total. The number of rotatable bonds is 7. The average molecular weight is 433 g/mol. The van der Waals surface area contributed by atoms with Gasteiger partial charge in [-0.15, -0.1) is 0 Å². The number of amides is 1. The van der Waals surface area contributed by atoms with Gasteiger partial charge in [0.05, 0.1) is 16.9 Å². The van der Waals surface area contributed by atoms with Crippen molar-refractivity contribution in [2.45, 2.75) is 45.6 Å². The summed E-state index contributed by atoms with van der Waals surface area (Å²) < 4.78 is 5.54. The van der Waals surface area contributed by atoms with Gasteiger partial charge in [0.2, 0.25) is 0 Å². The molecule has 0 saturated heterocycles. The molecule has 1 aliphatic rings. The van der Waals surface area contributed by atoms with E-state index in [-0.39, 0.29) is 11.7 Å². The highest BCUT2D eigenvalue weighted by molar-refractivity contribution is 6.07. The minimum atomic E-state index is -0.968. The number of nitrogens with zero attached hydrogens (tertiary/aromatic N) is 1. The second-order valence-corrected chi connectivity index (χ2v) is 8.32. The van der Waals surface area contributed by atoms with E-state index in [1.54, 1.807) is 26.1 Å². The van der Waals surface area contributed by atoms with Crippen LogP contribution in [0.15, 0.2) is 48.7 Å². The zero-order valence-corrected chi connectivity index (χ0v) is 18.6. The number of carbonyl (C=O) groups excluding carboxylic acids is 2. The van der Waals surface area contributed by atoms with Crippen molar-refractivity contribution >= 4 is 28.9 Å². The van der Waals surface area contributed by atoms with Crippen LogP contribution in [-0.4, -0.2) is 33.9 Å². The Balaban J connectivity index is 1.71. The van der Waals surface area contributed by atoms with Crippen LogP contribution in [0, 0.1) is 0 Å². The number of nitrogens with one attached hydrogen (secondary N) is 3. The molecule has 1 amide bonds. The van der Waals surface area contributed by atoms with E-state index in [1.165, 1.54) is 0 Å². The van der Waals surface area contributed by atoms with Gasteiger partial charge in [-0.3, -0.25) is 9.59 Å². The van der Waals surface area contributed by atoms with Crippen LogP contribution in [0.1, 0.15) is 49.7 Å². The fourth-order valence-electron chi connectivity index (χ4n) is 3.95. The Morgan fingerprint density at radius 2 is 1.97 bits per heavy atom. The van der Waals surface area contributed by atoms with E-state index in [0.29, 0.717) is 18.8 Å². The van der Waals surface area contributed by atoms with Crippen LogP contribution in [0.25, 0.3) is 11.3 Å². The molecule has 0 bridgehead atoms. The molecule has 2 heterocycles. The van der Waals surface area contributed by atoms with E-state index in [1.807, 2.05) is 43.3 Å². The van der Waals surface area contributed by atoms with Crippen molar-refractivity contribution < 1.29 is 14.3 Å². The van der Waals surface area contributed by atoms with E-state index in [4.69, 9.17) is 4.74 Å². The first-order valence-electron chi connectivity index (χ1n) is 10.9. The second kappa shape index (κ2) is 8.96. The van der Waals surface area contributed by atoms with E-state index >= 15 is 0 Å². The largest absolute Gasteiger partial charge is 0.366 e. The first-order valence-corrected chi connectivity index (χ1v) is 10.9. The fraction of sp³-hybridized carbons (Fsp3) is 0.320. The maximum atomic E-state index is 12.8. The summed E-state index contributed by atoms with van der Waals surface area (Å²) in [7, 11) is 0. The highest BCUT2D eigenvalue weighted by Crippen LogP contribution is 2.39. The van der Waals surface area contributed by atoms with Gasteiger partial charge >= 0.3 is 0 Å².